The molecule has 2 heterocycles. The van der Waals surface area contributed by atoms with Crippen molar-refractivity contribution in [3.05, 3.63) is 28.3 Å². The molecule has 0 radical (unpaired) electrons. The summed E-state index contributed by atoms with van der Waals surface area (Å²) in [4.78, 5) is 10.9. The van der Waals surface area contributed by atoms with Crippen LogP contribution in [0.4, 0.5) is 11.4 Å². The standard InChI is InChI=1S/C19H29N3O6S/c23-22(24)18-15-16(29(25,26)21-11-3-1-4-12-21)8-9-17(18)20-10-6-14-28-19-7-2-5-13-27-19/h8-9,15,19-20H,1-7,10-14H2/t19-/m0/s1. The molecule has 0 amide bonds. The Balaban J connectivity index is 1.58. The lowest BCUT2D eigenvalue weighted by Gasteiger charge is -2.25. The van der Waals surface area contributed by atoms with Gasteiger partial charge in [0.25, 0.3) is 5.69 Å². The predicted octanol–water partition coefficient (Wildman–Crippen LogP) is 3.11. The molecular formula is C19H29N3O6S. The van der Waals surface area contributed by atoms with Gasteiger partial charge in [-0.15, -0.1) is 0 Å². The van der Waals surface area contributed by atoms with Crippen LogP contribution in [-0.2, 0) is 19.5 Å². The van der Waals surface area contributed by atoms with Crippen LogP contribution in [0.3, 0.4) is 0 Å². The number of nitrogens with one attached hydrogen (secondary N) is 1. The lowest BCUT2D eigenvalue weighted by molar-refractivity contribution is -0.384. The molecule has 0 bridgehead atoms. The second-order valence-electron chi connectivity index (χ2n) is 7.35. The molecule has 2 saturated heterocycles. The highest BCUT2D eigenvalue weighted by atomic mass is 32.2. The molecule has 1 aromatic carbocycles. The largest absolute Gasteiger partial charge is 0.379 e. The zero-order valence-corrected chi connectivity index (χ0v) is 17.4. The van der Waals surface area contributed by atoms with Crippen LogP contribution in [0.5, 0.6) is 0 Å². The van der Waals surface area contributed by atoms with Crippen molar-refractivity contribution in [3.63, 3.8) is 0 Å². The van der Waals surface area contributed by atoms with Gasteiger partial charge < -0.3 is 14.8 Å². The van der Waals surface area contributed by atoms with E-state index in [0.29, 0.717) is 38.3 Å². The maximum Gasteiger partial charge on any atom is 0.293 e. The number of nitro benzene ring substituents is 1. The number of benzene rings is 1. The van der Waals surface area contributed by atoms with Crippen LogP contribution < -0.4 is 5.32 Å². The Bertz CT molecular complexity index is 789. The summed E-state index contributed by atoms with van der Waals surface area (Å²) in [5, 5.41) is 14.5. The second kappa shape index (κ2) is 10.3. The molecule has 2 fully saturated rings. The highest BCUT2D eigenvalue weighted by molar-refractivity contribution is 7.89. The Hall–Kier alpha value is -1.75. The van der Waals surface area contributed by atoms with E-state index < -0.39 is 14.9 Å². The fraction of sp³-hybridized carbons (Fsp3) is 0.684. The summed E-state index contributed by atoms with van der Waals surface area (Å²) in [6, 6.07) is 4.06. The summed E-state index contributed by atoms with van der Waals surface area (Å²) in [6.45, 7) is 2.61. The van der Waals surface area contributed by atoms with Crippen LogP contribution in [0.25, 0.3) is 0 Å². The number of rotatable bonds is 9. The normalized spacial score (nSPS) is 21.0. The summed E-state index contributed by atoms with van der Waals surface area (Å²) in [5.74, 6) is 0. The zero-order chi connectivity index (χ0) is 20.7. The van der Waals surface area contributed by atoms with Crippen molar-refractivity contribution in [2.24, 2.45) is 0 Å². The molecule has 162 valence electrons. The summed E-state index contributed by atoms with van der Waals surface area (Å²) in [6.07, 6.45) is 6.19. The summed E-state index contributed by atoms with van der Waals surface area (Å²) < 4.78 is 38.1. The highest BCUT2D eigenvalue weighted by Crippen LogP contribution is 2.30. The lowest BCUT2D eigenvalue weighted by atomic mass is 10.2. The van der Waals surface area contributed by atoms with Gasteiger partial charge in [-0.2, -0.15) is 4.31 Å². The van der Waals surface area contributed by atoms with E-state index in [1.54, 1.807) is 0 Å². The van der Waals surface area contributed by atoms with Gasteiger partial charge >= 0.3 is 0 Å². The molecule has 2 aliphatic heterocycles. The van der Waals surface area contributed by atoms with Gasteiger partial charge in [0.1, 0.15) is 5.69 Å². The minimum absolute atomic E-state index is 0.0329. The minimum atomic E-state index is -3.71. The number of piperidine rings is 1. The van der Waals surface area contributed by atoms with E-state index in [0.717, 1.165) is 51.2 Å². The first-order valence-electron chi connectivity index (χ1n) is 10.2. The van der Waals surface area contributed by atoms with Crippen LogP contribution in [0.15, 0.2) is 23.1 Å². The van der Waals surface area contributed by atoms with E-state index in [1.165, 1.54) is 16.4 Å². The van der Waals surface area contributed by atoms with Gasteiger partial charge in [-0.25, -0.2) is 8.42 Å². The zero-order valence-electron chi connectivity index (χ0n) is 16.5. The SMILES string of the molecule is O=[N+]([O-])c1cc(S(=O)(=O)N2CCCCC2)ccc1NCCCO[C@H]1CCCCO1. The average molecular weight is 428 g/mol. The van der Waals surface area contributed by atoms with Gasteiger partial charge in [0, 0.05) is 32.3 Å². The van der Waals surface area contributed by atoms with Crippen LogP contribution in [0.2, 0.25) is 0 Å². The molecule has 9 nitrogen and oxygen atoms in total. The van der Waals surface area contributed by atoms with E-state index in [4.69, 9.17) is 9.47 Å². The van der Waals surface area contributed by atoms with Crippen LogP contribution >= 0.6 is 0 Å². The molecule has 1 atom stereocenters. The van der Waals surface area contributed by atoms with E-state index in [9.17, 15) is 18.5 Å². The third kappa shape index (κ3) is 5.88. The van der Waals surface area contributed by atoms with Crippen molar-refractivity contribution < 1.29 is 22.8 Å². The highest BCUT2D eigenvalue weighted by Gasteiger charge is 2.28. The van der Waals surface area contributed by atoms with Gasteiger partial charge in [-0.05, 0) is 50.7 Å². The predicted molar refractivity (Wildman–Crippen MR) is 108 cm³/mol. The topological polar surface area (TPSA) is 111 Å². The molecule has 0 saturated carbocycles. The minimum Gasteiger partial charge on any atom is -0.379 e. The van der Waals surface area contributed by atoms with E-state index in [-0.39, 0.29) is 16.9 Å². The molecule has 2 aliphatic rings. The van der Waals surface area contributed by atoms with Gasteiger partial charge in [0.15, 0.2) is 6.29 Å². The fourth-order valence-corrected chi connectivity index (χ4v) is 5.12. The Morgan fingerprint density at radius 3 is 2.69 bits per heavy atom. The van der Waals surface area contributed by atoms with E-state index in [2.05, 4.69) is 5.32 Å². The number of ether oxygens (including phenoxy) is 2. The molecular weight excluding hydrogens is 398 g/mol. The first-order chi connectivity index (χ1) is 14.0. The Kier molecular flexibility index (Phi) is 7.82. The van der Waals surface area contributed by atoms with Crippen molar-refractivity contribution in [1.29, 1.82) is 0 Å². The Morgan fingerprint density at radius 2 is 2.00 bits per heavy atom. The Morgan fingerprint density at radius 1 is 1.21 bits per heavy atom. The van der Waals surface area contributed by atoms with Gasteiger partial charge in [-0.3, -0.25) is 10.1 Å². The summed E-state index contributed by atoms with van der Waals surface area (Å²) in [7, 11) is -3.71. The van der Waals surface area contributed by atoms with Gasteiger partial charge in [0.05, 0.1) is 16.4 Å². The Labute approximate surface area is 171 Å². The van der Waals surface area contributed by atoms with Crippen molar-refractivity contribution in [2.75, 3.05) is 38.2 Å². The van der Waals surface area contributed by atoms with Crippen molar-refractivity contribution >= 4 is 21.4 Å². The average Bonchev–Trinajstić information content (AvgIpc) is 2.74. The molecule has 0 aliphatic carbocycles. The van der Waals surface area contributed by atoms with Crippen LogP contribution in [0, 0.1) is 10.1 Å². The monoisotopic (exact) mass is 427 g/mol. The quantitative estimate of drug-likeness (QED) is 0.366. The lowest BCUT2D eigenvalue weighted by Crippen LogP contribution is -2.35. The number of hydrogen-bond acceptors (Lipinski definition) is 7. The fourth-order valence-electron chi connectivity index (χ4n) is 3.58. The van der Waals surface area contributed by atoms with E-state index in [1.807, 2.05) is 0 Å². The van der Waals surface area contributed by atoms with Crippen molar-refractivity contribution in [2.45, 2.75) is 56.1 Å². The number of hydrogen-bond donors (Lipinski definition) is 1. The maximum atomic E-state index is 12.8. The molecule has 29 heavy (non-hydrogen) atoms. The number of anilines is 1. The maximum absolute atomic E-state index is 12.8. The van der Waals surface area contributed by atoms with Gasteiger partial charge in [0.2, 0.25) is 10.0 Å². The van der Waals surface area contributed by atoms with Gasteiger partial charge in [-0.1, -0.05) is 6.42 Å². The number of nitrogens with zero attached hydrogens (tertiary/aromatic N) is 2. The molecule has 0 unspecified atom stereocenters. The first-order valence-corrected chi connectivity index (χ1v) is 11.7. The van der Waals surface area contributed by atoms with Crippen molar-refractivity contribution in [1.82, 2.24) is 4.31 Å². The number of nitro groups is 1. The van der Waals surface area contributed by atoms with Crippen molar-refractivity contribution in [3.8, 4) is 0 Å². The van der Waals surface area contributed by atoms with E-state index >= 15 is 0 Å². The second-order valence-corrected chi connectivity index (χ2v) is 9.29. The summed E-state index contributed by atoms with van der Waals surface area (Å²) in [5.41, 5.74) is 0.0705. The molecule has 0 spiro atoms. The molecule has 1 aromatic rings. The van der Waals surface area contributed by atoms with Crippen LogP contribution in [-0.4, -0.2) is 56.8 Å². The van der Waals surface area contributed by atoms with Crippen LogP contribution in [0.1, 0.15) is 44.9 Å². The first kappa shape index (κ1) is 21.9. The molecule has 10 heteroatoms. The third-order valence-corrected chi connectivity index (χ3v) is 7.09. The third-order valence-electron chi connectivity index (χ3n) is 5.20. The molecule has 0 aromatic heterocycles. The molecule has 3 rings (SSSR count). The smallest absolute Gasteiger partial charge is 0.293 e. The molecule has 1 N–H and O–H groups in total. The summed E-state index contributed by atoms with van der Waals surface area (Å²) >= 11 is 0. The number of sulfonamides is 1.